The first-order valence-electron chi connectivity index (χ1n) is 8.11. The summed E-state index contributed by atoms with van der Waals surface area (Å²) in [5.41, 5.74) is 3.06. The first kappa shape index (κ1) is 13.6. The molecule has 4 nitrogen and oxygen atoms in total. The molecule has 0 radical (unpaired) electrons. The van der Waals surface area contributed by atoms with Gasteiger partial charge in [0.15, 0.2) is 0 Å². The number of hydrogen-bond acceptors (Lipinski definition) is 4. The minimum Gasteiger partial charge on any atom is -0.396 e. The Morgan fingerprint density at radius 3 is 2.71 bits per heavy atom. The molecule has 0 bridgehead atoms. The number of hydrogen-bond donors (Lipinski definition) is 2. The molecule has 0 amide bonds. The molecule has 3 aliphatic rings. The summed E-state index contributed by atoms with van der Waals surface area (Å²) in [6, 6.07) is 9.14. The number of anilines is 1. The van der Waals surface area contributed by atoms with Crippen LogP contribution in [0.1, 0.15) is 12.0 Å². The molecular formula is C17H24N2O2. The van der Waals surface area contributed by atoms with Gasteiger partial charge >= 0.3 is 0 Å². The van der Waals surface area contributed by atoms with Gasteiger partial charge in [-0.3, -0.25) is 0 Å². The van der Waals surface area contributed by atoms with E-state index in [2.05, 4.69) is 34.5 Å². The van der Waals surface area contributed by atoms with Crippen molar-refractivity contribution in [2.75, 3.05) is 50.9 Å². The third-order valence-corrected chi connectivity index (χ3v) is 5.70. The molecule has 4 heteroatoms. The van der Waals surface area contributed by atoms with E-state index in [0.29, 0.717) is 17.9 Å². The van der Waals surface area contributed by atoms with E-state index in [9.17, 15) is 5.11 Å². The Balaban J connectivity index is 1.53. The predicted octanol–water partition coefficient (Wildman–Crippen LogP) is 0.993. The minimum atomic E-state index is 0.298. The van der Waals surface area contributed by atoms with Gasteiger partial charge in [0.1, 0.15) is 0 Å². The minimum absolute atomic E-state index is 0.298. The number of nitrogens with zero attached hydrogens (tertiary/aromatic N) is 1. The summed E-state index contributed by atoms with van der Waals surface area (Å²) in [7, 11) is 0. The summed E-state index contributed by atoms with van der Waals surface area (Å²) in [4.78, 5) is 2.40. The number of fused-ring (bicyclic) bond motifs is 1. The number of rotatable bonds is 4. The molecule has 4 rings (SSSR count). The lowest BCUT2D eigenvalue weighted by atomic mass is 9.92. The summed E-state index contributed by atoms with van der Waals surface area (Å²) >= 11 is 0. The van der Waals surface area contributed by atoms with E-state index in [1.165, 1.54) is 11.3 Å². The van der Waals surface area contributed by atoms with Crippen LogP contribution in [-0.4, -0.2) is 51.1 Å². The van der Waals surface area contributed by atoms with Crippen molar-refractivity contribution in [1.29, 1.82) is 0 Å². The lowest BCUT2D eigenvalue weighted by Crippen LogP contribution is -2.36. The van der Waals surface area contributed by atoms with Crippen LogP contribution in [0.5, 0.6) is 0 Å². The molecule has 2 heterocycles. The Bertz CT molecular complexity index is 498. The Labute approximate surface area is 126 Å². The monoisotopic (exact) mass is 288 g/mol. The molecule has 2 N–H and O–H groups in total. The topological polar surface area (TPSA) is 44.7 Å². The summed E-state index contributed by atoms with van der Waals surface area (Å²) in [5, 5.41) is 12.8. The number of aliphatic hydroxyl groups excluding tert-OH is 1. The van der Waals surface area contributed by atoms with E-state index in [4.69, 9.17) is 4.74 Å². The van der Waals surface area contributed by atoms with E-state index >= 15 is 0 Å². The Kier molecular flexibility index (Phi) is 3.40. The zero-order chi connectivity index (χ0) is 14.3. The Hall–Kier alpha value is -1.10. The van der Waals surface area contributed by atoms with Crippen molar-refractivity contribution in [3.05, 3.63) is 29.8 Å². The van der Waals surface area contributed by atoms with E-state index in [0.717, 1.165) is 51.7 Å². The maximum Gasteiger partial charge on any atom is 0.0642 e. The van der Waals surface area contributed by atoms with E-state index in [1.807, 2.05) is 0 Å². The van der Waals surface area contributed by atoms with Crippen LogP contribution in [0.3, 0.4) is 0 Å². The number of aliphatic hydroxyl groups is 1. The molecule has 3 fully saturated rings. The van der Waals surface area contributed by atoms with Gasteiger partial charge in [-0.1, -0.05) is 12.1 Å². The zero-order valence-electron chi connectivity index (χ0n) is 12.4. The summed E-state index contributed by atoms with van der Waals surface area (Å²) in [5.74, 6) is 1.39. The highest BCUT2D eigenvalue weighted by molar-refractivity contribution is 5.51. The molecule has 1 aromatic rings. The van der Waals surface area contributed by atoms with Gasteiger partial charge in [-0.15, -0.1) is 0 Å². The Morgan fingerprint density at radius 1 is 1.24 bits per heavy atom. The second-order valence-corrected chi connectivity index (χ2v) is 6.54. The average molecular weight is 288 g/mol. The molecule has 0 spiro atoms. The smallest absolute Gasteiger partial charge is 0.0642 e. The third-order valence-electron chi connectivity index (χ3n) is 5.70. The average Bonchev–Trinajstić information content (AvgIpc) is 2.94. The van der Waals surface area contributed by atoms with Gasteiger partial charge in [0.05, 0.1) is 13.2 Å². The second-order valence-electron chi connectivity index (χ2n) is 6.54. The molecule has 1 aliphatic carbocycles. The molecular weight excluding hydrogens is 264 g/mol. The first-order valence-corrected chi connectivity index (χ1v) is 8.11. The van der Waals surface area contributed by atoms with E-state index < -0.39 is 0 Å². The fourth-order valence-electron chi connectivity index (χ4n) is 4.56. The van der Waals surface area contributed by atoms with E-state index in [-0.39, 0.29) is 0 Å². The van der Waals surface area contributed by atoms with Gasteiger partial charge in [0.25, 0.3) is 0 Å². The van der Waals surface area contributed by atoms with E-state index in [1.54, 1.807) is 0 Å². The SMILES string of the molecule is OCCC1C2CNCC12c1ccc(N2CCOCC2)cc1. The largest absolute Gasteiger partial charge is 0.396 e. The lowest BCUT2D eigenvalue weighted by molar-refractivity contribution is 0.122. The lowest BCUT2D eigenvalue weighted by Gasteiger charge is -2.29. The molecule has 3 unspecified atom stereocenters. The highest BCUT2D eigenvalue weighted by atomic mass is 16.5. The molecule has 0 aromatic heterocycles. The number of piperidine rings is 1. The molecule has 2 aliphatic heterocycles. The molecule has 3 atom stereocenters. The first-order chi connectivity index (χ1) is 10.4. The zero-order valence-corrected chi connectivity index (χ0v) is 12.4. The van der Waals surface area contributed by atoms with Crippen molar-refractivity contribution in [3.8, 4) is 0 Å². The molecule has 21 heavy (non-hydrogen) atoms. The Morgan fingerprint density at radius 2 is 2.00 bits per heavy atom. The standard InChI is InChI=1S/C17H24N2O2/c20-8-5-15-16-11-18-12-17(15,16)13-1-3-14(4-2-13)19-6-9-21-10-7-19/h1-4,15-16,18,20H,5-12H2. The molecule has 114 valence electrons. The predicted molar refractivity (Wildman–Crippen MR) is 82.7 cm³/mol. The van der Waals surface area contributed by atoms with Crippen molar-refractivity contribution in [3.63, 3.8) is 0 Å². The van der Waals surface area contributed by atoms with Crippen LogP contribution in [0.15, 0.2) is 24.3 Å². The second kappa shape index (κ2) is 5.27. The van der Waals surface area contributed by atoms with Crippen LogP contribution >= 0.6 is 0 Å². The van der Waals surface area contributed by atoms with Gasteiger partial charge in [0.2, 0.25) is 0 Å². The van der Waals surface area contributed by atoms with Gasteiger partial charge in [-0.05, 0) is 42.5 Å². The number of nitrogens with one attached hydrogen (secondary N) is 1. The van der Waals surface area contributed by atoms with Crippen LogP contribution in [0.2, 0.25) is 0 Å². The van der Waals surface area contributed by atoms with Crippen molar-refractivity contribution in [1.82, 2.24) is 5.32 Å². The highest BCUT2D eigenvalue weighted by Crippen LogP contribution is 2.63. The normalized spacial score (nSPS) is 34.8. The van der Waals surface area contributed by atoms with Crippen LogP contribution < -0.4 is 10.2 Å². The number of benzene rings is 1. The maximum atomic E-state index is 9.27. The van der Waals surface area contributed by atoms with Gasteiger partial charge in [-0.2, -0.15) is 0 Å². The number of morpholine rings is 1. The van der Waals surface area contributed by atoms with Crippen LogP contribution in [-0.2, 0) is 10.2 Å². The van der Waals surface area contributed by atoms with Gasteiger partial charge in [0, 0.05) is 37.3 Å². The van der Waals surface area contributed by atoms with Crippen molar-refractivity contribution in [2.24, 2.45) is 11.8 Å². The fourth-order valence-corrected chi connectivity index (χ4v) is 4.56. The van der Waals surface area contributed by atoms with Crippen molar-refractivity contribution in [2.45, 2.75) is 11.8 Å². The quantitative estimate of drug-likeness (QED) is 0.867. The highest BCUT2D eigenvalue weighted by Gasteiger charge is 2.66. The van der Waals surface area contributed by atoms with Crippen LogP contribution in [0.25, 0.3) is 0 Å². The van der Waals surface area contributed by atoms with Gasteiger partial charge in [-0.25, -0.2) is 0 Å². The third kappa shape index (κ3) is 2.08. The van der Waals surface area contributed by atoms with Crippen LogP contribution in [0.4, 0.5) is 5.69 Å². The summed E-state index contributed by atoms with van der Waals surface area (Å²) in [6.45, 7) is 6.13. The van der Waals surface area contributed by atoms with Gasteiger partial charge < -0.3 is 20.1 Å². The fraction of sp³-hybridized carbons (Fsp3) is 0.647. The summed E-state index contributed by atoms with van der Waals surface area (Å²) in [6.07, 6.45) is 0.942. The molecule has 1 saturated carbocycles. The molecule has 2 saturated heterocycles. The summed E-state index contributed by atoms with van der Waals surface area (Å²) < 4.78 is 5.42. The number of ether oxygens (including phenoxy) is 1. The van der Waals surface area contributed by atoms with Crippen molar-refractivity contribution >= 4 is 5.69 Å². The van der Waals surface area contributed by atoms with Crippen LogP contribution in [0, 0.1) is 11.8 Å². The maximum absolute atomic E-state index is 9.27. The van der Waals surface area contributed by atoms with Crippen molar-refractivity contribution < 1.29 is 9.84 Å². The molecule has 1 aromatic carbocycles.